The lowest BCUT2D eigenvalue weighted by atomic mass is 9.61. The average Bonchev–Trinajstić information content (AvgIpc) is 3.14. The highest BCUT2D eigenvalue weighted by Crippen LogP contribution is 2.56. The van der Waals surface area contributed by atoms with E-state index in [2.05, 4.69) is 14.2 Å². The lowest BCUT2D eigenvalue weighted by molar-refractivity contribution is -0.136. The van der Waals surface area contributed by atoms with Crippen LogP contribution in [0.15, 0.2) is 36.4 Å². The molecule has 7 nitrogen and oxygen atoms in total. The number of carbonyl (C=O) groups is 2. The van der Waals surface area contributed by atoms with Crippen LogP contribution in [0.5, 0.6) is 5.75 Å². The molecule has 1 amide bonds. The Morgan fingerprint density at radius 3 is 2.20 bits per heavy atom. The molecule has 1 saturated carbocycles. The van der Waals surface area contributed by atoms with Crippen LogP contribution in [0.1, 0.15) is 52.7 Å². The van der Waals surface area contributed by atoms with Crippen LogP contribution in [-0.2, 0) is 31.2 Å². The zero-order chi connectivity index (χ0) is 29.9. The topological polar surface area (TPSA) is 98.8 Å². The quantitative estimate of drug-likeness (QED) is 0.202. The first kappa shape index (κ1) is 29.6. The van der Waals surface area contributed by atoms with Crippen LogP contribution in [0, 0.1) is 5.92 Å². The number of alkyl halides is 8. The van der Waals surface area contributed by atoms with Gasteiger partial charge in [-0.25, -0.2) is 13.6 Å². The van der Waals surface area contributed by atoms with Crippen LogP contribution in [0.2, 0.25) is 0 Å². The first-order valence-corrected chi connectivity index (χ1v) is 12.9. The number of hydrogen-bond donors (Lipinski definition) is 1. The molecular formula is C24H19F8NO6S. The summed E-state index contributed by atoms with van der Waals surface area (Å²) >= 11 is 0. The minimum Gasteiger partial charge on any atom is -0.465 e. The summed E-state index contributed by atoms with van der Waals surface area (Å²) < 4.78 is 140. The molecule has 1 unspecified atom stereocenters. The average molecular weight is 601 g/mol. The van der Waals surface area contributed by atoms with Gasteiger partial charge in [-0.1, -0.05) is 18.2 Å². The number of ether oxygens (including phenoxy) is 1. The van der Waals surface area contributed by atoms with Gasteiger partial charge in [0.25, 0.3) is 0 Å². The summed E-state index contributed by atoms with van der Waals surface area (Å²) in [6.45, 7) is 0. The monoisotopic (exact) mass is 601 g/mol. The number of halogens is 8. The Morgan fingerprint density at radius 1 is 1.02 bits per heavy atom. The number of amides is 1. The molecule has 0 aromatic heterocycles. The maximum absolute atomic E-state index is 14.1. The van der Waals surface area contributed by atoms with Gasteiger partial charge >= 0.3 is 27.8 Å². The molecule has 0 bridgehead atoms. The third kappa shape index (κ3) is 4.86. The summed E-state index contributed by atoms with van der Waals surface area (Å²) in [5.41, 5.74) is -11.3. The number of hydrogen-bond acceptors (Lipinski definition) is 6. The Bertz CT molecular complexity index is 1460. The van der Waals surface area contributed by atoms with E-state index in [9.17, 15) is 53.1 Å². The second kappa shape index (κ2) is 9.59. The van der Waals surface area contributed by atoms with Gasteiger partial charge in [-0.3, -0.25) is 4.79 Å². The van der Waals surface area contributed by atoms with E-state index < -0.39 is 86.3 Å². The summed E-state index contributed by atoms with van der Waals surface area (Å²) in [5.74, 6) is -7.75. The summed E-state index contributed by atoms with van der Waals surface area (Å²) in [6.07, 6.45) is -7.05. The van der Waals surface area contributed by atoms with Crippen LogP contribution >= 0.6 is 0 Å². The molecule has 0 spiro atoms. The fourth-order valence-electron chi connectivity index (χ4n) is 5.27. The van der Waals surface area contributed by atoms with Crippen LogP contribution in [-0.4, -0.2) is 38.8 Å². The number of esters is 1. The molecule has 2 aliphatic rings. The number of fused-ring (bicyclic) bond motifs is 1. The summed E-state index contributed by atoms with van der Waals surface area (Å²) in [5, 5.41) is 2.18. The zero-order valence-corrected chi connectivity index (χ0v) is 21.1. The molecule has 1 heterocycles. The molecule has 4 rings (SSSR count). The molecule has 1 N–H and O–H groups in total. The Morgan fingerprint density at radius 2 is 1.65 bits per heavy atom. The van der Waals surface area contributed by atoms with Crippen LogP contribution in [0.25, 0.3) is 0 Å². The number of benzene rings is 2. The third-order valence-corrected chi connectivity index (χ3v) is 8.01. The summed E-state index contributed by atoms with van der Waals surface area (Å²) in [4.78, 5) is 26.1. The minimum atomic E-state index is -6.27. The van der Waals surface area contributed by atoms with Crippen LogP contribution < -0.4 is 9.50 Å². The minimum absolute atomic E-state index is 0.255. The maximum atomic E-state index is 14.1. The number of methoxy groups -OCH3 is 1. The Kier molecular flexibility index (Phi) is 7.09. The smallest absolute Gasteiger partial charge is 0.465 e. The van der Waals surface area contributed by atoms with Crippen molar-refractivity contribution >= 4 is 27.7 Å². The summed E-state index contributed by atoms with van der Waals surface area (Å²) in [7, 11) is -5.46. The second-order valence-corrected chi connectivity index (χ2v) is 10.8. The molecule has 2 aromatic rings. The molecule has 2 aromatic carbocycles. The fraction of sp³-hybridized carbons (Fsp3) is 0.417. The van der Waals surface area contributed by atoms with Gasteiger partial charge in [0.2, 0.25) is 11.8 Å². The van der Waals surface area contributed by atoms with Gasteiger partial charge in [0.15, 0.2) is 5.75 Å². The van der Waals surface area contributed by atoms with Gasteiger partial charge in [-0.05, 0) is 48.1 Å². The van der Waals surface area contributed by atoms with Crippen LogP contribution in [0.3, 0.4) is 0 Å². The number of rotatable bonds is 5. The SMILES string of the molecule is COC(=O)c1cc(C2(C3CCC(F)(F)CC3)C(=O)Nc3c(C(F)(F)F)cccc32)ccc1OS(=O)(=O)C(F)(F)F. The van der Waals surface area contributed by atoms with Gasteiger partial charge in [0.1, 0.15) is 11.0 Å². The van der Waals surface area contributed by atoms with Crippen molar-refractivity contribution in [2.45, 2.75) is 48.7 Å². The maximum Gasteiger partial charge on any atom is 0.534 e. The van der Waals surface area contributed by atoms with Gasteiger partial charge < -0.3 is 14.2 Å². The molecule has 16 heteroatoms. The summed E-state index contributed by atoms with van der Waals surface area (Å²) in [6, 6.07) is 5.14. The number of nitrogens with one attached hydrogen (secondary N) is 1. The highest BCUT2D eigenvalue weighted by molar-refractivity contribution is 7.88. The van der Waals surface area contributed by atoms with E-state index in [1.165, 1.54) is 6.07 Å². The molecule has 1 fully saturated rings. The highest BCUT2D eigenvalue weighted by atomic mass is 32.2. The van der Waals surface area contributed by atoms with E-state index >= 15 is 0 Å². The van der Waals surface area contributed by atoms with Crippen molar-refractivity contribution in [2.75, 3.05) is 12.4 Å². The standard InChI is InChI=1S/C24H19F8NO6S/c1-38-19(34)14-11-13(5-6-17(14)39-40(36,37)24(30,31)32)22(12-7-9-21(25,26)10-8-12)15-3-2-4-16(23(27,28)29)18(15)33-20(22)35/h2-6,11-12H,7-10H2,1H3,(H,33,35). The van der Waals surface area contributed by atoms with Gasteiger partial charge in [0.05, 0.1) is 18.4 Å². The zero-order valence-electron chi connectivity index (χ0n) is 20.3. The number of para-hydroxylation sites is 1. The molecule has 1 atom stereocenters. The van der Waals surface area contributed by atoms with Crippen molar-refractivity contribution in [3.63, 3.8) is 0 Å². The normalized spacial score (nSPS) is 21.5. The lowest BCUT2D eigenvalue weighted by Crippen LogP contribution is -2.45. The molecule has 218 valence electrons. The largest absolute Gasteiger partial charge is 0.534 e. The predicted molar refractivity (Wildman–Crippen MR) is 121 cm³/mol. The molecule has 1 aliphatic heterocycles. The van der Waals surface area contributed by atoms with Crippen molar-refractivity contribution in [3.05, 3.63) is 58.7 Å². The van der Waals surface area contributed by atoms with Crippen molar-refractivity contribution in [2.24, 2.45) is 5.92 Å². The highest BCUT2D eigenvalue weighted by Gasteiger charge is 2.57. The first-order valence-electron chi connectivity index (χ1n) is 11.5. The van der Waals surface area contributed by atoms with E-state index in [0.717, 1.165) is 25.3 Å². The van der Waals surface area contributed by atoms with Gasteiger partial charge in [-0.15, -0.1) is 0 Å². The van der Waals surface area contributed by atoms with Gasteiger partial charge in [0, 0.05) is 12.8 Å². The first-order chi connectivity index (χ1) is 18.3. The second-order valence-electron chi connectivity index (χ2n) is 9.30. The molecule has 40 heavy (non-hydrogen) atoms. The Balaban J connectivity index is 1.98. The van der Waals surface area contributed by atoms with Gasteiger partial charge in [-0.2, -0.15) is 34.8 Å². The Labute approximate surface area is 221 Å². The molecule has 0 radical (unpaired) electrons. The third-order valence-electron chi connectivity index (χ3n) is 7.04. The molecule has 1 aliphatic carbocycles. The molecular weight excluding hydrogens is 582 g/mol. The van der Waals surface area contributed by atoms with Crippen molar-refractivity contribution < 1.29 is 62.1 Å². The van der Waals surface area contributed by atoms with Crippen LogP contribution in [0.4, 0.5) is 40.8 Å². The van der Waals surface area contributed by atoms with E-state index in [4.69, 9.17) is 0 Å². The van der Waals surface area contributed by atoms with E-state index in [-0.39, 0.29) is 24.0 Å². The Hall–Kier alpha value is -3.43. The number of anilines is 1. The van der Waals surface area contributed by atoms with Crippen molar-refractivity contribution in [1.82, 2.24) is 0 Å². The lowest BCUT2D eigenvalue weighted by Gasteiger charge is -2.41. The van der Waals surface area contributed by atoms with Crippen molar-refractivity contribution in [1.29, 1.82) is 0 Å². The van der Waals surface area contributed by atoms with E-state index in [1.54, 1.807) is 0 Å². The molecule has 0 saturated heterocycles. The van der Waals surface area contributed by atoms with E-state index in [0.29, 0.717) is 12.1 Å². The number of carbonyl (C=O) groups excluding carboxylic acids is 2. The predicted octanol–water partition coefficient (Wildman–Crippen LogP) is 5.78. The fourth-order valence-corrected chi connectivity index (χ4v) is 5.75. The van der Waals surface area contributed by atoms with Crippen molar-refractivity contribution in [3.8, 4) is 5.75 Å². The van der Waals surface area contributed by atoms with E-state index in [1.807, 2.05) is 0 Å².